The molecule has 0 bridgehead atoms. The second kappa shape index (κ2) is 7.88. The topological polar surface area (TPSA) is 69.7 Å². The van der Waals surface area contributed by atoms with Crippen molar-refractivity contribution in [1.29, 1.82) is 0 Å². The van der Waals surface area contributed by atoms with Crippen LogP contribution in [0.25, 0.3) is 11.3 Å². The van der Waals surface area contributed by atoms with E-state index in [1.54, 1.807) is 17.6 Å². The standard InChI is InChI=1S/C19H18N2O4S/c1-23-14-9-13(10-15(24-2)17(14)25-3)21-19(22)18-16(20-11-26-18)12-7-5-4-6-8-12/h4-11H,1-3H3,(H,21,22). The molecule has 0 unspecified atom stereocenters. The Kier molecular flexibility index (Phi) is 5.38. The number of carbonyl (C=O) groups is 1. The molecule has 0 saturated carbocycles. The second-order valence-electron chi connectivity index (χ2n) is 5.26. The molecule has 26 heavy (non-hydrogen) atoms. The first kappa shape index (κ1) is 17.8. The Bertz CT molecular complexity index is 884. The Balaban J connectivity index is 1.91. The minimum absolute atomic E-state index is 0.249. The van der Waals surface area contributed by atoms with Crippen molar-refractivity contribution in [3.05, 3.63) is 52.9 Å². The highest BCUT2D eigenvalue weighted by molar-refractivity contribution is 7.12. The molecule has 1 heterocycles. The normalized spacial score (nSPS) is 10.3. The Labute approximate surface area is 155 Å². The number of benzene rings is 2. The SMILES string of the molecule is COc1cc(NC(=O)c2scnc2-c2ccccc2)cc(OC)c1OC. The van der Waals surface area contributed by atoms with E-state index >= 15 is 0 Å². The Morgan fingerprint density at radius 2 is 1.65 bits per heavy atom. The molecule has 7 heteroatoms. The van der Waals surface area contributed by atoms with Gasteiger partial charge in [0.25, 0.3) is 5.91 Å². The molecule has 0 aliphatic heterocycles. The minimum Gasteiger partial charge on any atom is -0.493 e. The number of ether oxygens (including phenoxy) is 3. The maximum atomic E-state index is 12.8. The highest BCUT2D eigenvalue weighted by atomic mass is 32.1. The zero-order valence-corrected chi connectivity index (χ0v) is 15.4. The summed E-state index contributed by atoms with van der Waals surface area (Å²) in [7, 11) is 4.58. The lowest BCUT2D eigenvalue weighted by Gasteiger charge is -2.14. The average molecular weight is 370 g/mol. The molecule has 1 amide bonds. The molecule has 0 saturated heterocycles. The van der Waals surface area contributed by atoms with Crippen molar-refractivity contribution in [3.8, 4) is 28.5 Å². The van der Waals surface area contributed by atoms with Gasteiger partial charge in [-0.2, -0.15) is 0 Å². The number of aromatic nitrogens is 1. The molecule has 6 nitrogen and oxygen atoms in total. The lowest BCUT2D eigenvalue weighted by atomic mass is 10.1. The highest BCUT2D eigenvalue weighted by Crippen LogP contribution is 2.40. The van der Waals surface area contributed by atoms with E-state index in [2.05, 4.69) is 10.3 Å². The Morgan fingerprint density at radius 3 is 2.23 bits per heavy atom. The van der Waals surface area contributed by atoms with Gasteiger partial charge in [0.2, 0.25) is 5.75 Å². The summed E-state index contributed by atoms with van der Waals surface area (Å²) >= 11 is 1.29. The summed E-state index contributed by atoms with van der Waals surface area (Å²) in [6, 6.07) is 13.0. The average Bonchev–Trinajstić information content (AvgIpc) is 3.17. The number of nitrogens with one attached hydrogen (secondary N) is 1. The van der Waals surface area contributed by atoms with E-state index < -0.39 is 0 Å². The fourth-order valence-corrected chi connectivity index (χ4v) is 3.25. The van der Waals surface area contributed by atoms with Gasteiger partial charge < -0.3 is 19.5 Å². The maximum absolute atomic E-state index is 12.8. The first-order valence-electron chi connectivity index (χ1n) is 7.78. The third kappa shape index (κ3) is 3.48. The molecule has 0 aliphatic carbocycles. The number of amides is 1. The van der Waals surface area contributed by atoms with Crippen LogP contribution in [0, 0.1) is 0 Å². The van der Waals surface area contributed by atoms with Crippen molar-refractivity contribution >= 4 is 22.9 Å². The predicted molar refractivity (Wildman–Crippen MR) is 102 cm³/mol. The van der Waals surface area contributed by atoms with Gasteiger partial charge in [0.1, 0.15) is 4.88 Å². The Morgan fingerprint density at radius 1 is 1.00 bits per heavy atom. The zero-order chi connectivity index (χ0) is 18.5. The summed E-state index contributed by atoms with van der Waals surface area (Å²) in [5.41, 5.74) is 3.74. The zero-order valence-electron chi connectivity index (χ0n) is 14.6. The fraction of sp³-hybridized carbons (Fsp3) is 0.158. The number of rotatable bonds is 6. The lowest BCUT2D eigenvalue weighted by molar-refractivity contribution is 0.103. The molecular weight excluding hydrogens is 352 g/mol. The van der Waals surface area contributed by atoms with Crippen LogP contribution in [0.2, 0.25) is 0 Å². The monoisotopic (exact) mass is 370 g/mol. The smallest absolute Gasteiger partial charge is 0.268 e. The summed E-state index contributed by atoms with van der Waals surface area (Å²) in [6.45, 7) is 0. The van der Waals surface area contributed by atoms with Gasteiger partial charge in [0.15, 0.2) is 11.5 Å². The summed E-state index contributed by atoms with van der Waals surface area (Å²) in [5.74, 6) is 1.15. The van der Waals surface area contributed by atoms with Crippen LogP contribution in [0.1, 0.15) is 9.67 Å². The van der Waals surface area contributed by atoms with Gasteiger partial charge >= 0.3 is 0 Å². The van der Waals surface area contributed by atoms with Gasteiger partial charge in [-0.05, 0) is 0 Å². The largest absolute Gasteiger partial charge is 0.493 e. The van der Waals surface area contributed by atoms with Crippen LogP contribution in [0.15, 0.2) is 48.0 Å². The van der Waals surface area contributed by atoms with Crippen LogP contribution >= 0.6 is 11.3 Å². The van der Waals surface area contributed by atoms with Gasteiger partial charge in [0, 0.05) is 23.4 Å². The fourth-order valence-electron chi connectivity index (χ4n) is 2.55. The van der Waals surface area contributed by atoms with Crippen LogP contribution in [0.3, 0.4) is 0 Å². The van der Waals surface area contributed by atoms with Crippen LogP contribution in [0.5, 0.6) is 17.2 Å². The molecule has 3 rings (SSSR count). The Hall–Kier alpha value is -3.06. The number of hydrogen-bond donors (Lipinski definition) is 1. The molecule has 0 spiro atoms. The van der Waals surface area contributed by atoms with E-state index in [0.717, 1.165) is 5.56 Å². The van der Waals surface area contributed by atoms with Crippen LogP contribution in [-0.2, 0) is 0 Å². The third-order valence-electron chi connectivity index (χ3n) is 3.74. The van der Waals surface area contributed by atoms with Crippen molar-refractivity contribution in [2.75, 3.05) is 26.6 Å². The number of thiazole rings is 1. The van der Waals surface area contributed by atoms with Crippen LogP contribution in [0.4, 0.5) is 5.69 Å². The van der Waals surface area contributed by atoms with E-state index in [4.69, 9.17) is 14.2 Å². The number of hydrogen-bond acceptors (Lipinski definition) is 6. The first-order chi connectivity index (χ1) is 12.7. The summed E-state index contributed by atoms with van der Waals surface area (Å²) in [6.07, 6.45) is 0. The molecule has 2 aromatic carbocycles. The van der Waals surface area contributed by atoms with Gasteiger partial charge in [-0.15, -0.1) is 11.3 Å². The van der Waals surface area contributed by atoms with E-state index in [1.807, 2.05) is 30.3 Å². The predicted octanol–water partition coefficient (Wildman–Crippen LogP) is 4.09. The summed E-state index contributed by atoms with van der Waals surface area (Å²) < 4.78 is 15.9. The molecule has 3 aromatic rings. The molecular formula is C19H18N2O4S. The number of methoxy groups -OCH3 is 3. The molecule has 1 aromatic heterocycles. The molecule has 0 radical (unpaired) electrons. The maximum Gasteiger partial charge on any atom is 0.268 e. The van der Waals surface area contributed by atoms with Crippen LogP contribution < -0.4 is 19.5 Å². The van der Waals surface area contributed by atoms with E-state index in [9.17, 15) is 4.79 Å². The summed E-state index contributed by atoms with van der Waals surface area (Å²) in [5, 5.41) is 2.87. The van der Waals surface area contributed by atoms with E-state index in [1.165, 1.54) is 32.7 Å². The van der Waals surface area contributed by atoms with E-state index in [0.29, 0.717) is 33.5 Å². The molecule has 0 aliphatic rings. The van der Waals surface area contributed by atoms with Gasteiger partial charge in [0.05, 0.1) is 32.5 Å². The number of nitrogens with zero attached hydrogens (tertiary/aromatic N) is 1. The number of carbonyl (C=O) groups excluding carboxylic acids is 1. The van der Waals surface area contributed by atoms with Gasteiger partial charge in [-0.1, -0.05) is 30.3 Å². The quantitative estimate of drug-likeness (QED) is 0.708. The molecule has 0 atom stereocenters. The van der Waals surface area contributed by atoms with Crippen molar-refractivity contribution in [2.24, 2.45) is 0 Å². The third-order valence-corrected chi connectivity index (χ3v) is 4.57. The molecule has 0 fully saturated rings. The van der Waals surface area contributed by atoms with E-state index in [-0.39, 0.29) is 5.91 Å². The van der Waals surface area contributed by atoms with Crippen molar-refractivity contribution in [3.63, 3.8) is 0 Å². The van der Waals surface area contributed by atoms with Crippen LogP contribution in [-0.4, -0.2) is 32.2 Å². The second-order valence-corrected chi connectivity index (χ2v) is 6.12. The summed E-state index contributed by atoms with van der Waals surface area (Å²) in [4.78, 5) is 17.6. The molecule has 134 valence electrons. The van der Waals surface area contributed by atoms with Gasteiger partial charge in [-0.25, -0.2) is 4.98 Å². The first-order valence-corrected chi connectivity index (χ1v) is 8.66. The molecule has 1 N–H and O–H groups in total. The van der Waals surface area contributed by atoms with Crippen molar-refractivity contribution in [1.82, 2.24) is 4.98 Å². The van der Waals surface area contributed by atoms with Crippen molar-refractivity contribution in [2.45, 2.75) is 0 Å². The highest BCUT2D eigenvalue weighted by Gasteiger charge is 2.19. The van der Waals surface area contributed by atoms with Crippen molar-refractivity contribution < 1.29 is 19.0 Å². The number of anilines is 1. The van der Waals surface area contributed by atoms with Gasteiger partial charge in [-0.3, -0.25) is 4.79 Å². The lowest BCUT2D eigenvalue weighted by Crippen LogP contribution is -2.12. The minimum atomic E-state index is -0.249.